The number of imidazole rings is 1. The molecule has 1 aromatic heterocycles. The van der Waals surface area contributed by atoms with E-state index in [1.807, 2.05) is 0 Å². The zero-order valence-corrected chi connectivity index (χ0v) is 14.6. The monoisotopic (exact) mass is 392 g/mol. The predicted octanol–water partition coefficient (Wildman–Crippen LogP) is 2.92. The molecule has 0 saturated carbocycles. The molecule has 0 bridgehead atoms. The molecule has 0 aliphatic rings. The normalized spacial score (nSPS) is 11.9. The van der Waals surface area contributed by atoms with E-state index in [9.17, 15) is 23.1 Å². The molecule has 0 unspecified atom stereocenters. The van der Waals surface area contributed by atoms with Gasteiger partial charge in [0.2, 0.25) is 5.82 Å². The van der Waals surface area contributed by atoms with Gasteiger partial charge in [-0.3, -0.25) is 4.79 Å². The van der Waals surface area contributed by atoms with E-state index in [0.29, 0.717) is 5.56 Å². The van der Waals surface area contributed by atoms with E-state index in [0.717, 1.165) is 4.57 Å². The summed E-state index contributed by atoms with van der Waals surface area (Å²) < 4.78 is 45.5. The van der Waals surface area contributed by atoms with Gasteiger partial charge >= 0.3 is 6.18 Å². The lowest BCUT2D eigenvalue weighted by Gasteiger charge is -2.10. The van der Waals surface area contributed by atoms with Crippen molar-refractivity contribution in [3.8, 4) is 11.5 Å². The Labute approximate surface area is 157 Å². The number of para-hydroxylation sites is 2. The van der Waals surface area contributed by atoms with Gasteiger partial charge in [0.05, 0.1) is 24.4 Å². The second kappa shape index (κ2) is 7.59. The third-order valence-corrected chi connectivity index (χ3v) is 3.82. The summed E-state index contributed by atoms with van der Waals surface area (Å²) in [6, 6.07) is 10.4. The van der Waals surface area contributed by atoms with Gasteiger partial charge in [-0.1, -0.05) is 12.1 Å². The number of aromatic nitrogens is 2. The van der Waals surface area contributed by atoms with Gasteiger partial charge in [-0.2, -0.15) is 18.3 Å². The second-order valence-corrected chi connectivity index (χ2v) is 5.73. The first-order chi connectivity index (χ1) is 13.3. The van der Waals surface area contributed by atoms with Crippen molar-refractivity contribution in [2.75, 3.05) is 7.11 Å². The number of phenolic OH excluding ortho intramolecular Hbond substituents is 1. The maximum Gasteiger partial charge on any atom is 0.449 e. The minimum Gasteiger partial charge on any atom is -0.504 e. The van der Waals surface area contributed by atoms with Crippen LogP contribution in [0.25, 0.3) is 11.0 Å². The summed E-state index contributed by atoms with van der Waals surface area (Å²) in [6.45, 7) is -0.606. The lowest BCUT2D eigenvalue weighted by molar-refractivity contribution is -0.147. The first kappa shape index (κ1) is 19.2. The molecule has 1 amide bonds. The van der Waals surface area contributed by atoms with E-state index in [2.05, 4.69) is 15.5 Å². The van der Waals surface area contributed by atoms with E-state index in [4.69, 9.17) is 4.74 Å². The highest BCUT2D eigenvalue weighted by molar-refractivity contribution is 5.84. The van der Waals surface area contributed by atoms with Gasteiger partial charge in [0, 0.05) is 0 Å². The van der Waals surface area contributed by atoms with Gasteiger partial charge in [0.25, 0.3) is 5.91 Å². The van der Waals surface area contributed by atoms with E-state index < -0.39 is 24.5 Å². The maximum atomic E-state index is 13.2. The minimum atomic E-state index is -4.70. The van der Waals surface area contributed by atoms with Crippen LogP contribution in [0, 0.1) is 0 Å². The number of nitrogens with zero attached hydrogens (tertiary/aromatic N) is 3. The first-order valence-electron chi connectivity index (χ1n) is 8.01. The molecule has 0 saturated heterocycles. The van der Waals surface area contributed by atoms with E-state index >= 15 is 0 Å². The minimum absolute atomic E-state index is 0.0599. The van der Waals surface area contributed by atoms with Crippen molar-refractivity contribution in [1.82, 2.24) is 15.0 Å². The molecule has 0 aliphatic heterocycles. The molecule has 1 heterocycles. The second-order valence-electron chi connectivity index (χ2n) is 5.73. The molecule has 0 spiro atoms. The number of halogens is 3. The predicted molar refractivity (Wildman–Crippen MR) is 95.1 cm³/mol. The number of phenols is 1. The van der Waals surface area contributed by atoms with Crippen LogP contribution in [0.1, 0.15) is 11.4 Å². The maximum absolute atomic E-state index is 13.2. The van der Waals surface area contributed by atoms with Crippen LogP contribution >= 0.6 is 0 Å². The number of hydrogen-bond acceptors (Lipinski definition) is 5. The number of hydrazone groups is 1. The molecular formula is C18H15F3N4O3. The fourth-order valence-corrected chi connectivity index (χ4v) is 2.58. The van der Waals surface area contributed by atoms with Crippen LogP contribution in [0.3, 0.4) is 0 Å². The standard InChI is InChI=1S/C18H15F3N4O3/c1-28-15-8-11(6-7-14(15)26)9-22-24-16(27)10-25-13-5-3-2-4-12(13)23-17(25)18(19,20)21/h2-9,26H,10H2,1H3,(H,24,27). The number of carbonyl (C=O) groups is 1. The Morgan fingerprint density at radius 3 is 2.79 bits per heavy atom. The average molecular weight is 392 g/mol. The molecule has 3 rings (SSSR count). The lowest BCUT2D eigenvalue weighted by atomic mass is 10.2. The zero-order chi connectivity index (χ0) is 20.3. The Balaban J connectivity index is 1.77. The highest BCUT2D eigenvalue weighted by Gasteiger charge is 2.37. The molecule has 0 atom stereocenters. The summed E-state index contributed by atoms with van der Waals surface area (Å²) in [7, 11) is 1.38. The summed E-state index contributed by atoms with van der Waals surface area (Å²) in [5.41, 5.74) is 3.02. The number of aromatic hydroxyl groups is 1. The number of amides is 1. The lowest BCUT2D eigenvalue weighted by Crippen LogP contribution is -2.26. The average Bonchev–Trinajstić information content (AvgIpc) is 3.02. The largest absolute Gasteiger partial charge is 0.504 e. The molecule has 28 heavy (non-hydrogen) atoms. The summed E-state index contributed by atoms with van der Waals surface area (Å²) in [4.78, 5) is 15.7. The zero-order valence-electron chi connectivity index (χ0n) is 14.6. The molecule has 0 radical (unpaired) electrons. The SMILES string of the molecule is COc1cc(C=NNC(=O)Cn2c(C(F)(F)F)nc3ccccc32)ccc1O. The van der Waals surface area contributed by atoms with Gasteiger partial charge in [-0.25, -0.2) is 10.4 Å². The van der Waals surface area contributed by atoms with Crippen molar-refractivity contribution in [2.45, 2.75) is 12.7 Å². The van der Waals surface area contributed by atoms with Crippen LogP contribution < -0.4 is 10.2 Å². The smallest absolute Gasteiger partial charge is 0.449 e. The molecule has 2 aromatic carbocycles. The van der Waals surface area contributed by atoms with Gasteiger partial charge in [0.1, 0.15) is 6.54 Å². The number of methoxy groups -OCH3 is 1. The number of rotatable bonds is 5. The quantitative estimate of drug-likeness (QED) is 0.516. The van der Waals surface area contributed by atoms with Gasteiger partial charge in [-0.15, -0.1) is 0 Å². The highest BCUT2D eigenvalue weighted by Crippen LogP contribution is 2.31. The Bertz CT molecular complexity index is 1040. The Hall–Kier alpha value is -3.56. The van der Waals surface area contributed by atoms with E-state index in [1.54, 1.807) is 12.1 Å². The highest BCUT2D eigenvalue weighted by atomic mass is 19.4. The van der Waals surface area contributed by atoms with Gasteiger partial charge < -0.3 is 14.4 Å². The number of nitrogens with one attached hydrogen (secondary N) is 1. The molecule has 146 valence electrons. The van der Waals surface area contributed by atoms with Crippen molar-refractivity contribution in [1.29, 1.82) is 0 Å². The van der Waals surface area contributed by atoms with Crippen LogP contribution in [-0.4, -0.2) is 33.9 Å². The molecule has 0 aliphatic carbocycles. The number of alkyl halides is 3. The van der Waals surface area contributed by atoms with E-state index in [-0.39, 0.29) is 22.5 Å². The van der Waals surface area contributed by atoms with E-state index in [1.165, 1.54) is 43.7 Å². The van der Waals surface area contributed by atoms with Crippen LogP contribution in [0.4, 0.5) is 13.2 Å². The third-order valence-electron chi connectivity index (χ3n) is 3.82. The van der Waals surface area contributed by atoms with Crippen molar-refractivity contribution in [2.24, 2.45) is 5.10 Å². The van der Waals surface area contributed by atoms with Crippen molar-refractivity contribution in [3.63, 3.8) is 0 Å². The third kappa shape index (κ3) is 4.05. The molecule has 2 N–H and O–H groups in total. The van der Waals surface area contributed by atoms with Crippen molar-refractivity contribution in [3.05, 3.63) is 53.9 Å². The summed E-state index contributed by atoms with van der Waals surface area (Å²) in [5, 5.41) is 13.3. The van der Waals surface area contributed by atoms with Crippen molar-refractivity contribution >= 4 is 23.2 Å². The molecule has 3 aromatic rings. The molecule has 10 heteroatoms. The van der Waals surface area contributed by atoms with Gasteiger partial charge in [0.15, 0.2) is 11.5 Å². The summed E-state index contributed by atoms with van der Waals surface area (Å²) in [6.07, 6.45) is -3.43. The summed E-state index contributed by atoms with van der Waals surface area (Å²) in [5.74, 6) is -1.75. The van der Waals surface area contributed by atoms with Crippen LogP contribution in [0.2, 0.25) is 0 Å². The van der Waals surface area contributed by atoms with Crippen LogP contribution in [0.15, 0.2) is 47.6 Å². The number of hydrogen-bond donors (Lipinski definition) is 2. The fourth-order valence-electron chi connectivity index (χ4n) is 2.58. The summed E-state index contributed by atoms with van der Waals surface area (Å²) >= 11 is 0. The van der Waals surface area contributed by atoms with Crippen LogP contribution in [0.5, 0.6) is 11.5 Å². The Kier molecular flexibility index (Phi) is 5.21. The van der Waals surface area contributed by atoms with Crippen LogP contribution in [-0.2, 0) is 17.5 Å². The topological polar surface area (TPSA) is 88.7 Å². The molecule has 7 nitrogen and oxygen atoms in total. The number of carbonyl (C=O) groups excluding carboxylic acids is 1. The number of benzene rings is 2. The number of fused-ring (bicyclic) bond motifs is 1. The fraction of sp³-hybridized carbons (Fsp3) is 0.167. The number of ether oxygens (including phenoxy) is 1. The Morgan fingerprint density at radius 1 is 1.32 bits per heavy atom. The first-order valence-corrected chi connectivity index (χ1v) is 8.01. The molecule has 0 fully saturated rings. The van der Waals surface area contributed by atoms with Crippen molar-refractivity contribution < 1.29 is 27.8 Å². The Morgan fingerprint density at radius 2 is 2.07 bits per heavy atom. The van der Waals surface area contributed by atoms with Gasteiger partial charge in [-0.05, 0) is 35.9 Å². The molecular weight excluding hydrogens is 377 g/mol.